The number of rotatable bonds is 10. The fourth-order valence-electron chi connectivity index (χ4n) is 2.77. The van der Waals surface area contributed by atoms with E-state index < -0.39 is 5.97 Å². The van der Waals surface area contributed by atoms with E-state index in [1.807, 2.05) is 54.6 Å². The molecule has 0 saturated heterocycles. The van der Waals surface area contributed by atoms with Crippen LogP contribution in [0.3, 0.4) is 0 Å². The summed E-state index contributed by atoms with van der Waals surface area (Å²) in [6, 6.07) is 17.2. The van der Waals surface area contributed by atoms with Crippen molar-refractivity contribution in [2.24, 2.45) is 0 Å². The average molecular weight is 355 g/mol. The number of carbonyl (C=O) groups is 2. The molecule has 0 aliphatic rings. The van der Waals surface area contributed by atoms with E-state index in [1.165, 1.54) is 0 Å². The number of nitrogens with one attached hydrogen (secondary N) is 1. The van der Waals surface area contributed by atoms with Gasteiger partial charge in [0, 0.05) is 18.9 Å². The third kappa shape index (κ3) is 6.97. The van der Waals surface area contributed by atoms with Gasteiger partial charge in [0.25, 0.3) is 0 Å². The molecule has 1 amide bonds. The Morgan fingerprint density at radius 3 is 2.31 bits per heavy atom. The van der Waals surface area contributed by atoms with Crippen LogP contribution in [-0.2, 0) is 22.4 Å². The minimum Gasteiger partial charge on any atom is -0.497 e. The number of aliphatic carboxylic acids is 1. The van der Waals surface area contributed by atoms with E-state index in [-0.39, 0.29) is 18.4 Å². The van der Waals surface area contributed by atoms with Crippen LogP contribution in [0.2, 0.25) is 0 Å². The summed E-state index contributed by atoms with van der Waals surface area (Å²) in [5.74, 6) is -0.127. The molecule has 138 valence electrons. The van der Waals surface area contributed by atoms with Crippen molar-refractivity contribution in [2.75, 3.05) is 7.11 Å². The molecule has 0 saturated carbocycles. The topological polar surface area (TPSA) is 75.6 Å². The number of aryl methyl sites for hydroxylation is 1. The quantitative estimate of drug-likeness (QED) is 0.686. The van der Waals surface area contributed by atoms with Crippen LogP contribution in [-0.4, -0.2) is 30.1 Å². The molecule has 5 nitrogen and oxygen atoms in total. The van der Waals surface area contributed by atoms with Crippen molar-refractivity contribution in [3.8, 4) is 5.75 Å². The molecule has 0 aromatic heterocycles. The monoisotopic (exact) mass is 355 g/mol. The lowest BCUT2D eigenvalue weighted by molar-refractivity contribution is -0.137. The summed E-state index contributed by atoms with van der Waals surface area (Å²) in [5.41, 5.74) is 2.14. The highest BCUT2D eigenvalue weighted by Crippen LogP contribution is 2.13. The molecule has 5 heteroatoms. The van der Waals surface area contributed by atoms with Crippen molar-refractivity contribution in [3.05, 3.63) is 65.7 Å². The van der Waals surface area contributed by atoms with Crippen molar-refractivity contribution >= 4 is 11.9 Å². The van der Waals surface area contributed by atoms with Crippen molar-refractivity contribution < 1.29 is 19.4 Å². The Kier molecular flexibility index (Phi) is 7.68. The molecule has 0 aliphatic heterocycles. The molecule has 26 heavy (non-hydrogen) atoms. The summed E-state index contributed by atoms with van der Waals surface area (Å²) in [7, 11) is 1.62. The molecule has 2 aromatic carbocycles. The maximum atomic E-state index is 12.3. The van der Waals surface area contributed by atoms with Gasteiger partial charge in [-0.2, -0.15) is 0 Å². The van der Waals surface area contributed by atoms with Gasteiger partial charge >= 0.3 is 5.97 Å². The van der Waals surface area contributed by atoms with Crippen LogP contribution in [0.15, 0.2) is 54.6 Å². The van der Waals surface area contributed by atoms with E-state index in [9.17, 15) is 9.59 Å². The first kappa shape index (κ1) is 19.5. The second-order valence-corrected chi connectivity index (χ2v) is 6.23. The number of carboxylic acids is 1. The summed E-state index contributed by atoms with van der Waals surface area (Å²) in [5, 5.41) is 11.9. The van der Waals surface area contributed by atoms with E-state index in [4.69, 9.17) is 9.84 Å². The van der Waals surface area contributed by atoms with E-state index in [0.29, 0.717) is 25.7 Å². The summed E-state index contributed by atoms with van der Waals surface area (Å²) in [4.78, 5) is 23.2. The van der Waals surface area contributed by atoms with Crippen LogP contribution in [0.1, 0.15) is 30.4 Å². The zero-order valence-electron chi connectivity index (χ0n) is 15.0. The van der Waals surface area contributed by atoms with E-state index in [2.05, 4.69) is 5.32 Å². The molecule has 0 aliphatic carbocycles. The standard InChI is InChI=1S/C21H25NO4/c1-26-19-11-7-16(8-12-19)9-13-20(23)22-18(10-14-21(24)25)15-17-5-3-2-4-6-17/h2-8,11-12,18H,9-10,13-15H2,1H3,(H,22,23)(H,24,25). The first-order valence-corrected chi connectivity index (χ1v) is 8.75. The molecule has 0 heterocycles. The highest BCUT2D eigenvalue weighted by molar-refractivity contribution is 5.76. The first-order valence-electron chi connectivity index (χ1n) is 8.75. The molecule has 0 bridgehead atoms. The Balaban J connectivity index is 1.88. The molecular formula is C21H25NO4. The lowest BCUT2D eigenvalue weighted by Gasteiger charge is -2.18. The maximum absolute atomic E-state index is 12.3. The Morgan fingerprint density at radius 2 is 1.69 bits per heavy atom. The average Bonchev–Trinajstić information content (AvgIpc) is 2.65. The van der Waals surface area contributed by atoms with Crippen LogP contribution < -0.4 is 10.1 Å². The largest absolute Gasteiger partial charge is 0.497 e. The Labute approximate surface area is 154 Å². The van der Waals surface area contributed by atoms with Gasteiger partial charge in [-0.15, -0.1) is 0 Å². The molecule has 0 fully saturated rings. The van der Waals surface area contributed by atoms with Gasteiger partial charge in [-0.3, -0.25) is 9.59 Å². The zero-order chi connectivity index (χ0) is 18.8. The maximum Gasteiger partial charge on any atom is 0.303 e. The van der Waals surface area contributed by atoms with Crippen LogP contribution >= 0.6 is 0 Å². The summed E-state index contributed by atoms with van der Waals surface area (Å²) in [6.45, 7) is 0. The van der Waals surface area contributed by atoms with Gasteiger partial charge in [0.2, 0.25) is 5.91 Å². The predicted octanol–water partition coefficient (Wildman–Crippen LogP) is 3.22. The fourth-order valence-corrected chi connectivity index (χ4v) is 2.77. The lowest BCUT2D eigenvalue weighted by atomic mass is 10.0. The molecule has 0 radical (unpaired) electrons. The minimum atomic E-state index is -0.851. The second kappa shape index (κ2) is 10.2. The Bertz CT molecular complexity index is 698. The SMILES string of the molecule is COc1ccc(CCC(=O)NC(CCC(=O)O)Cc2ccccc2)cc1. The number of benzene rings is 2. The van der Waals surface area contributed by atoms with Crippen LogP contribution in [0.4, 0.5) is 0 Å². The van der Waals surface area contributed by atoms with Crippen LogP contribution in [0.5, 0.6) is 5.75 Å². The van der Waals surface area contributed by atoms with Crippen molar-refractivity contribution in [1.82, 2.24) is 5.32 Å². The van der Waals surface area contributed by atoms with Gasteiger partial charge < -0.3 is 15.2 Å². The molecule has 2 aromatic rings. The van der Waals surface area contributed by atoms with E-state index in [1.54, 1.807) is 7.11 Å². The summed E-state index contributed by atoms with van der Waals surface area (Å²) in [6.07, 6.45) is 2.08. The van der Waals surface area contributed by atoms with Gasteiger partial charge in [-0.1, -0.05) is 42.5 Å². The summed E-state index contributed by atoms with van der Waals surface area (Å²) >= 11 is 0. The number of ether oxygens (including phenoxy) is 1. The number of amides is 1. The van der Waals surface area contributed by atoms with Crippen LogP contribution in [0, 0.1) is 0 Å². The van der Waals surface area contributed by atoms with Gasteiger partial charge in [0.1, 0.15) is 5.75 Å². The van der Waals surface area contributed by atoms with E-state index in [0.717, 1.165) is 16.9 Å². The fraction of sp³-hybridized carbons (Fsp3) is 0.333. The van der Waals surface area contributed by atoms with Crippen molar-refractivity contribution in [3.63, 3.8) is 0 Å². The number of methoxy groups -OCH3 is 1. The molecule has 2 rings (SSSR count). The minimum absolute atomic E-state index is 0.0380. The number of carbonyl (C=O) groups excluding carboxylic acids is 1. The molecule has 1 unspecified atom stereocenters. The predicted molar refractivity (Wildman–Crippen MR) is 100 cm³/mol. The number of hydrogen-bond acceptors (Lipinski definition) is 3. The van der Waals surface area contributed by atoms with Crippen molar-refractivity contribution in [2.45, 2.75) is 38.1 Å². The second-order valence-electron chi connectivity index (χ2n) is 6.23. The number of hydrogen-bond donors (Lipinski definition) is 2. The van der Waals surface area contributed by atoms with Gasteiger partial charge in [-0.25, -0.2) is 0 Å². The molecular weight excluding hydrogens is 330 g/mol. The third-order valence-electron chi connectivity index (χ3n) is 4.20. The molecule has 0 spiro atoms. The van der Waals surface area contributed by atoms with Crippen molar-refractivity contribution in [1.29, 1.82) is 0 Å². The molecule has 2 N–H and O–H groups in total. The van der Waals surface area contributed by atoms with E-state index >= 15 is 0 Å². The van der Waals surface area contributed by atoms with Gasteiger partial charge in [-0.05, 0) is 42.5 Å². The Hall–Kier alpha value is -2.82. The van der Waals surface area contributed by atoms with Gasteiger partial charge in [0.05, 0.1) is 7.11 Å². The normalized spacial score (nSPS) is 11.6. The highest BCUT2D eigenvalue weighted by atomic mass is 16.5. The molecule has 1 atom stereocenters. The third-order valence-corrected chi connectivity index (χ3v) is 4.20. The lowest BCUT2D eigenvalue weighted by Crippen LogP contribution is -2.37. The number of carboxylic acid groups (broad SMARTS) is 1. The van der Waals surface area contributed by atoms with Crippen LogP contribution in [0.25, 0.3) is 0 Å². The van der Waals surface area contributed by atoms with Gasteiger partial charge in [0.15, 0.2) is 0 Å². The zero-order valence-corrected chi connectivity index (χ0v) is 15.0. The summed E-state index contributed by atoms with van der Waals surface area (Å²) < 4.78 is 5.12. The smallest absolute Gasteiger partial charge is 0.303 e. The Morgan fingerprint density at radius 1 is 1.00 bits per heavy atom. The first-order chi connectivity index (χ1) is 12.6. The highest BCUT2D eigenvalue weighted by Gasteiger charge is 2.15.